The van der Waals surface area contributed by atoms with Crippen LogP contribution in [0.2, 0.25) is 0 Å². The number of hydrogen-bond donors (Lipinski definition) is 2. The molecule has 0 spiro atoms. The predicted octanol–water partition coefficient (Wildman–Crippen LogP) is 4.11. The van der Waals surface area contributed by atoms with Crippen molar-refractivity contribution in [1.29, 1.82) is 0 Å². The summed E-state index contributed by atoms with van der Waals surface area (Å²) in [4.78, 5) is 0. The van der Waals surface area contributed by atoms with E-state index in [2.05, 4.69) is 50.1 Å². The van der Waals surface area contributed by atoms with Crippen molar-refractivity contribution in [3.8, 4) is 0 Å². The molecule has 0 amide bonds. The summed E-state index contributed by atoms with van der Waals surface area (Å²) in [6, 6.07) is 0. The number of aromatic nitrogens is 2. The molecular formula is C15H27N3. The largest absolute Gasteiger partial charge is 0.368 e. The quantitative estimate of drug-likeness (QED) is 0.843. The summed E-state index contributed by atoms with van der Waals surface area (Å²) < 4.78 is 0. The molecule has 2 atom stereocenters. The number of hydrogen-bond acceptors (Lipinski definition) is 2. The highest BCUT2D eigenvalue weighted by Gasteiger charge is 2.31. The zero-order valence-electron chi connectivity index (χ0n) is 12.4. The van der Waals surface area contributed by atoms with Crippen molar-refractivity contribution >= 4 is 5.82 Å². The Morgan fingerprint density at radius 3 is 2.61 bits per heavy atom. The van der Waals surface area contributed by atoms with Crippen molar-refractivity contribution in [3.63, 3.8) is 0 Å². The van der Waals surface area contributed by atoms with Crippen LogP contribution in [0.5, 0.6) is 0 Å². The Morgan fingerprint density at radius 1 is 1.28 bits per heavy atom. The van der Waals surface area contributed by atoms with E-state index in [4.69, 9.17) is 0 Å². The van der Waals surface area contributed by atoms with Gasteiger partial charge in [0.25, 0.3) is 0 Å². The summed E-state index contributed by atoms with van der Waals surface area (Å²) in [6.07, 6.45) is 2.57. The Labute approximate surface area is 111 Å². The van der Waals surface area contributed by atoms with E-state index in [1.54, 1.807) is 0 Å². The van der Waals surface area contributed by atoms with Crippen LogP contribution in [0.1, 0.15) is 70.6 Å². The second kappa shape index (κ2) is 5.33. The Bertz CT molecular complexity index is 392. The SMILES string of the molecule is CC(C)CNc1n[nH]c2c1C(C)CCC2C(C)C. The third-order valence-corrected chi connectivity index (χ3v) is 4.09. The van der Waals surface area contributed by atoms with Gasteiger partial charge in [-0.05, 0) is 30.6 Å². The Hall–Kier alpha value is -0.990. The van der Waals surface area contributed by atoms with Gasteiger partial charge >= 0.3 is 0 Å². The minimum atomic E-state index is 0.628. The van der Waals surface area contributed by atoms with Gasteiger partial charge in [0.15, 0.2) is 5.82 Å². The van der Waals surface area contributed by atoms with Crippen LogP contribution < -0.4 is 5.32 Å². The van der Waals surface area contributed by atoms with Crippen LogP contribution in [0.15, 0.2) is 0 Å². The minimum absolute atomic E-state index is 0.628. The van der Waals surface area contributed by atoms with Crippen molar-refractivity contribution in [2.24, 2.45) is 11.8 Å². The van der Waals surface area contributed by atoms with Gasteiger partial charge in [-0.2, -0.15) is 5.10 Å². The highest BCUT2D eigenvalue weighted by molar-refractivity contribution is 5.51. The predicted molar refractivity (Wildman–Crippen MR) is 77.1 cm³/mol. The number of anilines is 1. The lowest BCUT2D eigenvalue weighted by molar-refractivity contribution is 0.403. The summed E-state index contributed by atoms with van der Waals surface area (Å²) in [5.41, 5.74) is 2.83. The van der Waals surface area contributed by atoms with Crippen LogP contribution in [0.4, 0.5) is 5.82 Å². The molecule has 2 rings (SSSR count). The van der Waals surface area contributed by atoms with Gasteiger partial charge in [0.05, 0.1) is 0 Å². The molecule has 1 aromatic rings. The highest BCUT2D eigenvalue weighted by Crippen LogP contribution is 2.43. The van der Waals surface area contributed by atoms with Crippen LogP contribution in [0, 0.1) is 11.8 Å². The zero-order valence-corrected chi connectivity index (χ0v) is 12.4. The van der Waals surface area contributed by atoms with Crippen LogP contribution in [0.3, 0.4) is 0 Å². The second-order valence-electron chi connectivity index (χ2n) is 6.50. The first kappa shape index (κ1) is 13.4. The average Bonchev–Trinajstić information content (AvgIpc) is 2.71. The molecular weight excluding hydrogens is 222 g/mol. The van der Waals surface area contributed by atoms with Crippen LogP contribution in [-0.2, 0) is 0 Å². The van der Waals surface area contributed by atoms with E-state index in [-0.39, 0.29) is 0 Å². The van der Waals surface area contributed by atoms with E-state index < -0.39 is 0 Å². The van der Waals surface area contributed by atoms with E-state index in [1.165, 1.54) is 24.1 Å². The fourth-order valence-corrected chi connectivity index (χ4v) is 2.97. The summed E-state index contributed by atoms with van der Waals surface area (Å²) in [5, 5.41) is 11.3. The maximum absolute atomic E-state index is 4.52. The fourth-order valence-electron chi connectivity index (χ4n) is 2.97. The molecule has 3 heteroatoms. The van der Waals surface area contributed by atoms with E-state index >= 15 is 0 Å². The van der Waals surface area contributed by atoms with Gasteiger partial charge in [-0.3, -0.25) is 5.10 Å². The van der Waals surface area contributed by atoms with Gasteiger partial charge in [-0.25, -0.2) is 0 Å². The standard InChI is InChI=1S/C15H27N3/c1-9(2)8-16-15-13-11(5)6-7-12(10(3)4)14(13)17-18-15/h9-12H,6-8H2,1-5H3,(H2,16,17,18). The lowest BCUT2D eigenvalue weighted by Gasteiger charge is -2.29. The van der Waals surface area contributed by atoms with Gasteiger partial charge in [-0.1, -0.05) is 34.6 Å². The molecule has 2 N–H and O–H groups in total. The first-order chi connectivity index (χ1) is 8.50. The average molecular weight is 249 g/mol. The summed E-state index contributed by atoms with van der Waals surface area (Å²) in [5.74, 6) is 3.71. The van der Waals surface area contributed by atoms with Gasteiger partial charge < -0.3 is 5.32 Å². The highest BCUT2D eigenvalue weighted by atomic mass is 15.2. The van der Waals surface area contributed by atoms with E-state index in [1.807, 2.05) is 0 Å². The number of rotatable bonds is 4. The zero-order chi connectivity index (χ0) is 13.3. The van der Waals surface area contributed by atoms with E-state index in [0.717, 1.165) is 12.4 Å². The van der Waals surface area contributed by atoms with Gasteiger partial charge in [-0.15, -0.1) is 0 Å². The van der Waals surface area contributed by atoms with Gasteiger partial charge in [0, 0.05) is 23.7 Å². The first-order valence-corrected chi connectivity index (χ1v) is 7.32. The molecule has 0 bridgehead atoms. The number of H-pyrrole nitrogens is 1. The van der Waals surface area contributed by atoms with Crippen molar-refractivity contribution in [3.05, 3.63) is 11.3 Å². The second-order valence-corrected chi connectivity index (χ2v) is 6.50. The fraction of sp³-hybridized carbons (Fsp3) is 0.800. The minimum Gasteiger partial charge on any atom is -0.368 e. The first-order valence-electron chi connectivity index (χ1n) is 7.32. The normalized spacial score (nSPS) is 23.5. The molecule has 0 radical (unpaired) electrons. The van der Waals surface area contributed by atoms with E-state index in [9.17, 15) is 0 Å². The lowest BCUT2D eigenvalue weighted by atomic mass is 9.76. The van der Waals surface area contributed by atoms with Crippen LogP contribution in [0.25, 0.3) is 0 Å². The molecule has 1 aromatic heterocycles. The molecule has 1 heterocycles. The Balaban J connectivity index is 2.25. The smallest absolute Gasteiger partial charge is 0.151 e. The third kappa shape index (κ3) is 2.55. The van der Waals surface area contributed by atoms with Crippen LogP contribution >= 0.6 is 0 Å². The number of nitrogens with zero attached hydrogens (tertiary/aromatic N) is 1. The monoisotopic (exact) mass is 249 g/mol. The molecule has 0 saturated carbocycles. The molecule has 0 fully saturated rings. The van der Waals surface area contributed by atoms with Crippen LogP contribution in [-0.4, -0.2) is 16.7 Å². The molecule has 0 saturated heterocycles. The molecule has 1 aliphatic rings. The lowest BCUT2D eigenvalue weighted by Crippen LogP contribution is -2.18. The molecule has 2 unspecified atom stereocenters. The number of fused-ring (bicyclic) bond motifs is 1. The van der Waals surface area contributed by atoms with Gasteiger partial charge in [0.1, 0.15) is 0 Å². The maximum Gasteiger partial charge on any atom is 0.151 e. The number of nitrogens with one attached hydrogen (secondary N) is 2. The molecule has 102 valence electrons. The summed E-state index contributed by atoms with van der Waals surface area (Å²) in [7, 11) is 0. The van der Waals surface area contributed by atoms with Gasteiger partial charge in [0.2, 0.25) is 0 Å². The molecule has 1 aliphatic carbocycles. The molecule has 0 aromatic carbocycles. The molecule has 3 nitrogen and oxygen atoms in total. The summed E-state index contributed by atoms with van der Waals surface area (Å²) >= 11 is 0. The van der Waals surface area contributed by atoms with E-state index in [0.29, 0.717) is 23.7 Å². The van der Waals surface area contributed by atoms with Crippen molar-refractivity contribution < 1.29 is 0 Å². The van der Waals surface area contributed by atoms with Crippen molar-refractivity contribution in [1.82, 2.24) is 10.2 Å². The Morgan fingerprint density at radius 2 is 2.00 bits per heavy atom. The third-order valence-electron chi connectivity index (χ3n) is 4.09. The molecule has 18 heavy (non-hydrogen) atoms. The molecule has 0 aliphatic heterocycles. The maximum atomic E-state index is 4.52. The van der Waals surface area contributed by atoms with Crippen molar-refractivity contribution in [2.75, 3.05) is 11.9 Å². The topological polar surface area (TPSA) is 40.7 Å². The Kier molecular flexibility index (Phi) is 3.98. The number of aromatic amines is 1. The summed E-state index contributed by atoms with van der Waals surface area (Å²) in [6.45, 7) is 12.4. The van der Waals surface area contributed by atoms with Crippen molar-refractivity contribution in [2.45, 2.75) is 59.3 Å².